The molecule has 1 saturated carbocycles. The van der Waals surface area contributed by atoms with E-state index in [0.29, 0.717) is 18.2 Å². The Morgan fingerprint density at radius 2 is 2.24 bits per heavy atom. The van der Waals surface area contributed by atoms with Gasteiger partial charge < -0.3 is 5.32 Å². The van der Waals surface area contributed by atoms with Crippen LogP contribution in [0.5, 0.6) is 0 Å². The molecule has 96 valence electrons. The van der Waals surface area contributed by atoms with Gasteiger partial charge in [-0.05, 0) is 26.2 Å². The molecular formula is C12H19F2N3. The summed E-state index contributed by atoms with van der Waals surface area (Å²) in [5.74, 6) is 0. The molecule has 1 atom stereocenters. The highest BCUT2D eigenvalue weighted by Gasteiger charge is 2.25. The van der Waals surface area contributed by atoms with Crippen LogP contribution in [-0.4, -0.2) is 15.8 Å². The lowest BCUT2D eigenvalue weighted by atomic mass is 10.2. The maximum absolute atomic E-state index is 13.1. The van der Waals surface area contributed by atoms with Crippen molar-refractivity contribution in [3.05, 3.63) is 17.5 Å². The smallest absolute Gasteiger partial charge is 0.280 e. The Balaban J connectivity index is 2.15. The van der Waals surface area contributed by atoms with E-state index in [0.717, 1.165) is 19.3 Å². The molecule has 1 fully saturated rings. The van der Waals surface area contributed by atoms with Crippen LogP contribution in [0.2, 0.25) is 0 Å². The molecule has 1 aromatic rings. The first-order chi connectivity index (χ1) is 8.13. The first-order valence-corrected chi connectivity index (χ1v) is 6.21. The normalized spacial score (nSPS) is 17.7. The molecule has 0 aliphatic heterocycles. The van der Waals surface area contributed by atoms with Gasteiger partial charge in [0.15, 0.2) is 0 Å². The lowest BCUT2D eigenvalue weighted by Gasteiger charge is -2.14. The number of rotatable bonds is 6. The Bertz CT molecular complexity index is 372. The van der Waals surface area contributed by atoms with Gasteiger partial charge in [0, 0.05) is 24.2 Å². The predicted octanol–water partition coefficient (Wildman–Crippen LogP) is 3.04. The minimum Gasteiger partial charge on any atom is -0.310 e. The van der Waals surface area contributed by atoms with Crippen molar-refractivity contribution in [2.45, 2.75) is 58.2 Å². The maximum atomic E-state index is 13.1. The quantitative estimate of drug-likeness (QED) is 0.832. The van der Waals surface area contributed by atoms with E-state index in [1.54, 1.807) is 6.20 Å². The van der Waals surface area contributed by atoms with Crippen molar-refractivity contribution in [1.29, 1.82) is 0 Å². The van der Waals surface area contributed by atoms with E-state index in [1.807, 2.05) is 13.8 Å². The summed E-state index contributed by atoms with van der Waals surface area (Å²) in [6.07, 6.45) is 2.23. The summed E-state index contributed by atoms with van der Waals surface area (Å²) in [4.78, 5) is 0. The van der Waals surface area contributed by atoms with E-state index in [9.17, 15) is 8.78 Å². The highest BCUT2D eigenvalue weighted by molar-refractivity contribution is 5.20. The van der Waals surface area contributed by atoms with Crippen molar-refractivity contribution < 1.29 is 8.78 Å². The molecule has 1 aliphatic rings. The minimum absolute atomic E-state index is 0.0219. The summed E-state index contributed by atoms with van der Waals surface area (Å²) in [6, 6.07) is 0.543. The van der Waals surface area contributed by atoms with Gasteiger partial charge in [-0.25, -0.2) is 8.78 Å². The van der Waals surface area contributed by atoms with Gasteiger partial charge in [-0.1, -0.05) is 6.92 Å². The van der Waals surface area contributed by atoms with Gasteiger partial charge in [0.25, 0.3) is 6.43 Å². The average Bonchev–Trinajstić information content (AvgIpc) is 3.03. The molecule has 0 amide bonds. The molecule has 0 aromatic carbocycles. The van der Waals surface area contributed by atoms with Gasteiger partial charge in [-0.2, -0.15) is 5.10 Å². The highest BCUT2D eigenvalue weighted by atomic mass is 19.3. The van der Waals surface area contributed by atoms with Crippen LogP contribution < -0.4 is 5.32 Å². The number of nitrogens with one attached hydrogen (secondary N) is 1. The number of halogens is 2. The van der Waals surface area contributed by atoms with Gasteiger partial charge in [0.1, 0.15) is 5.69 Å². The molecule has 1 unspecified atom stereocenters. The van der Waals surface area contributed by atoms with E-state index in [1.165, 1.54) is 4.68 Å². The second-order valence-electron chi connectivity index (χ2n) is 4.71. The Hall–Kier alpha value is -0.970. The van der Waals surface area contributed by atoms with E-state index in [4.69, 9.17) is 0 Å². The first-order valence-electron chi connectivity index (χ1n) is 6.21. The Kier molecular flexibility index (Phi) is 3.76. The molecule has 0 spiro atoms. The summed E-state index contributed by atoms with van der Waals surface area (Å²) in [6.45, 7) is 4.39. The highest BCUT2D eigenvalue weighted by Crippen LogP contribution is 2.27. The third-order valence-electron chi connectivity index (χ3n) is 3.29. The first kappa shape index (κ1) is 12.5. The molecule has 3 nitrogen and oxygen atoms in total. The Morgan fingerprint density at radius 1 is 1.53 bits per heavy atom. The summed E-state index contributed by atoms with van der Waals surface area (Å²) >= 11 is 0. The third kappa shape index (κ3) is 2.83. The third-order valence-corrected chi connectivity index (χ3v) is 3.29. The number of aromatic nitrogens is 2. The zero-order valence-corrected chi connectivity index (χ0v) is 10.3. The molecule has 1 heterocycles. The molecule has 1 aromatic heterocycles. The molecule has 17 heavy (non-hydrogen) atoms. The molecule has 2 rings (SSSR count). The van der Waals surface area contributed by atoms with Crippen molar-refractivity contribution in [1.82, 2.24) is 15.1 Å². The molecule has 1 N–H and O–H groups in total. The van der Waals surface area contributed by atoms with Gasteiger partial charge in [0.05, 0.1) is 6.20 Å². The van der Waals surface area contributed by atoms with Crippen LogP contribution in [0.3, 0.4) is 0 Å². The second kappa shape index (κ2) is 5.12. The summed E-state index contributed by atoms with van der Waals surface area (Å²) in [5.41, 5.74) is 0.708. The van der Waals surface area contributed by atoms with Crippen molar-refractivity contribution in [2.24, 2.45) is 0 Å². The molecule has 1 aliphatic carbocycles. The maximum Gasteiger partial charge on any atom is 0.280 e. The van der Waals surface area contributed by atoms with Gasteiger partial charge >= 0.3 is 0 Å². The van der Waals surface area contributed by atoms with Crippen LogP contribution in [0.15, 0.2) is 6.20 Å². The van der Waals surface area contributed by atoms with Crippen LogP contribution in [0.25, 0.3) is 0 Å². The fourth-order valence-electron chi connectivity index (χ4n) is 1.85. The average molecular weight is 243 g/mol. The summed E-state index contributed by atoms with van der Waals surface area (Å²) < 4.78 is 27.6. The molecular weight excluding hydrogens is 224 g/mol. The number of alkyl halides is 2. The van der Waals surface area contributed by atoms with Crippen LogP contribution in [0, 0.1) is 0 Å². The fourth-order valence-corrected chi connectivity index (χ4v) is 1.85. The second-order valence-corrected chi connectivity index (χ2v) is 4.71. The van der Waals surface area contributed by atoms with Gasteiger partial charge in [-0.15, -0.1) is 0 Å². The lowest BCUT2D eigenvalue weighted by Crippen LogP contribution is -2.17. The fraction of sp³-hybridized carbons (Fsp3) is 0.750. The van der Waals surface area contributed by atoms with Gasteiger partial charge in [0.2, 0.25) is 0 Å². The van der Waals surface area contributed by atoms with Crippen molar-refractivity contribution in [3.63, 3.8) is 0 Å². The van der Waals surface area contributed by atoms with Crippen LogP contribution in [-0.2, 0) is 6.54 Å². The Labute approximate surface area is 100 Å². The topological polar surface area (TPSA) is 29.9 Å². The van der Waals surface area contributed by atoms with E-state index in [-0.39, 0.29) is 11.7 Å². The van der Waals surface area contributed by atoms with Crippen LogP contribution in [0.4, 0.5) is 8.78 Å². The van der Waals surface area contributed by atoms with Crippen molar-refractivity contribution in [3.8, 4) is 0 Å². The Morgan fingerprint density at radius 3 is 2.76 bits per heavy atom. The molecule has 0 radical (unpaired) electrons. The minimum atomic E-state index is -2.46. The number of hydrogen-bond acceptors (Lipinski definition) is 2. The van der Waals surface area contributed by atoms with Crippen molar-refractivity contribution in [2.75, 3.05) is 0 Å². The predicted molar refractivity (Wildman–Crippen MR) is 62.0 cm³/mol. The number of hydrogen-bond donors (Lipinski definition) is 1. The van der Waals surface area contributed by atoms with Gasteiger partial charge in [-0.3, -0.25) is 4.68 Å². The summed E-state index contributed by atoms with van der Waals surface area (Å²) in [5, 5.41) is 7.35. The largest absolute Gasteiger partial charge is 0.310 e. The standard InChI is InChI=1S/C12H19F2N3/c1-3-8(2)17-11(12(13)14)9(7-16-17)6-15-10-4-5-10/h7-8,10,12,15H,3-6H2,1-2H3. The molecule has 5 heteroatoms. The molecule has 0 saturated heterocycles. The van der Waals surface area contributed by atoms with E-state index >= 15 is 0 Å². The van der Waals surface area contributed by atoms with Crippen LogP contribution >= 0.6 is 0 Å². The van der Waals surface area contributed by atoms with E-state index < -0.39 is 6.43 Å². The summed E-state index contributed by atoms with van der Waals surface area (Å²) in [7, 11) is 0. The zero-order chi connectivity index (χ0) is 12.4. The van der Waals surface area contributed by atoms with E-state index in [2.05, 4.69) is 10.4 Å². The monoisotopic (exact) mass is 243 g/mol. The zero-order valence-electron chi connectivity index (χ0n) is 10.3. The SMILES string of the molecule is CCC(C)n1ncc(CNC2CC2)c1C(F)F. The van der Waals surface area contributed by atoms with Crippen LogP contribution in [0.1, 0.15) is 56.8 Å². The lowest BCUT2D eigenvalue weighted by molar-refractivity contribution is 0.134. The number of nitrogens with zero attached hydrogens (tertiary/aromatic N) is 2. The molecule has 0 bridgehead atoms. The van der Waals surface area contributed by atoms with Crippen molar-refractivity contribution >= 4 is 0 Å².